The largest absolute Gasteiger partial charge is 0.465 e. The third kappa shape index (κ3) is 21.7. The second-order valence-corrected chi connectivity index (χ2v) is 36.5. The number of aryl methyl sites for hydroxylation is 1. The van der Waals surface area contributed by atoms with E-state index in [-0.39, 0.29) is 18.0 Å². The minimum Gasteiger partial charge on any atom is -0.465 e. The van der Waals surface area contributed by atoms with Crippen LogP contribution in [0, 0.1) is 23.7 Å². The van der Waals surface area contributed by atoms with Crippen LogP contribution in [0.4, 0.5) is 34.9 Å². The van der Waals surface area contributed by atoms with E-state index < -0.39 is 29.5 Å². The summed E-state index contributed by atoms with van der Waals surface area (Å²) in [5, 5.41) is 15.7. The van der Waals surface area contributed by atoms with E-state index in [4.69, 9.17) is 62.8 Å². The van der Waals surface area contributed by atoms with Crippen LogP contribution >= 0.6 is 0 Å². The number of nitrogens with two attached hydrogens (primary N) is 6. The fourth-order valence-electron chi connectivity index (χ4n) is 16.9. The number of carbonyl (C=O) groups excluding carboxylic acids is 6. The van der Waals surface area contributed by atoms with Crippen LogP contribution in [-0.4, -0.2) is 175 Å². The van der Waals surface area contributed by atoms with Crippen molar-refractivity contribution in [2.45, 2.75) is 154 Å². The number of carbonyl (C=O) groups is 6. The van der Waals surface area contributed by atoms with Crippen molar-refractivity contribution in [2.24, 2.45) is 23.7 Å². The Kier molecular flexibility index (Phi) is 30.3. The predicted octanol–water partition coefficient (Wildman–Crippen LogP) is 16.9. The summed E-state index contributed by atoms with van der Waals surface area (Å²) in [6.45, 7) is 32.8. The van der Waals surface area contributed by atoms with Crippen molar-refractivity contribution in [3.63, 3.8) is 0 Å². The van der Waals surface area contributed by atoms with Gasteiger partial charge in [-0.2, -0.15) is 0 Å². The molecule has 0 unspecified atom stereocenters. The number of pyridine rings is 6. The lowest BCUT2D eigenvalue weighted by Gasteiger charge is -2.20. The fraction of sp³-hybridized carbons (Fsp3) is 0.308. The molecule has 0 bridgehead atoms. The van der Waals surface area contributed by atoms with Gasteiger partial charge in [0.15, 0.2) is 34.9 Å². The average Bonchev–Trinajstić information content (AvgIpc) is 1.54. The SMILES string of the molecule is CC(C)Cn1cnc2c(N)nc3cc(C(=O)OC(C)C)ccc3c21.CCOC(=O)c1ccc2c(c1)nc(N)c1ncn(CC(C)C)c12.CCc1nc2c(N)nc3cc(C(=O)OC)ccc3c2n1CC(C)(C)O.COC(=O)c1ccc2c(c1)nc(N)c1ncn(CC(C)C)c12.COC(=O)c1ccc2c(c1)nc(N)c1ncn(Cc3ccccc3)c12.COC(=O)c1cccc2c1nc(N)c1ncn(CC(C)C)c12. The molecule has 7 aromatic carbocycles. The third-order valence-electron chi connectivity index (χ3n) is 22.7. The Bertz CT molecular complexity index is 7980. The Hall–Kier alpha value is -16.6. The first-order valence-corrected chi connectivity index (χ1v) is 46.1. The Balaban J connectivity index is 0.000000135. The van der Waals surface area contributed by atoms with Crippen molar-refractivity contribution in [3.05, 3.63) is 216 Å². The Morgan fingerprint density at radius 1 is 0.348 bits per heavy atom. The second kappa shape index (κ2) is 42.6. The number of ether oxygens (including phenoxy) is 6. The maximum atomic E-state index is 12.1. The van der Waals surface area contributed by atoms with E-state index in [1.54, 1.807) is 119 Å². The lowest BCUT2D eigenvalue weighted by Crippen LogP contribution is -2.27. The van der Waals surface area contributed by atoms with Crippen LogP contribution in [0.5, 0.6) is 0 Å². The summed E-state index contributed by atoms with van der Waals surface area (Å²) in [4.78, 5) is 124. The van der Waals surface area contributed by atoms with E-state index >= 15 is 0 Å². The van der Waals surface area contributed by atoms with Crippen molar-refractivity contribution in [1.29, 1.82) is 0 Å². The number of methoxy groups -OCH3 is 4. The molecule has 730 valence electrons. The highest BCUT2D eigenvalue weighted by Gasteiger charge is 2.27. The topological polar surface area (TPSA) is 518 Å². The van der Waals surface area contributed by atoms with Crippen molar-refractivity contribution in [1.82, 2.24) is 87.2 Å². The smallest absolute Gasteiger partial charge is 0.340 e. The standard InChI is InChI=1S/C19H16N4O2.C18H22N4O3.C18H22N4O2.C17H20N4O2.2C16H18N4O2/c1-25-19(24)13-7-8-14-15(9-13)22-18(20)16-17(14)23(11-21-16)10-12-5-3-2-4-6-12;1-5-13-21-14-15(22(13)9-18(2,3)24)11-7-6-10(17(23)25-4)8-12(11)20-16(14)19;1-10(2)8-22-9-20-15-16(22)13-6-5-12(18(23)24-11(3)4)7-14(13)21-17(15)19;1-4-23-17(22)11-5-6-12-13(7-11)20-16(18)14-15(12)21(9-19-14)8-10(2)3;1-9(2)7-20-8-18-13-14(20)11-5-4-10(16(21)22-3)6-12(11)19-15(13)17;1-9(2)7-20-8-18-13-14(20)10-5-4-6-11(16(21)22-3)12(10)19-15(13)17/h2-9,11H,10H2,1H3,(H2,20,22);6-8,24H,5,9H2,1-4H3,(H2,19,20);5-7,9-11H,8H2,1-4H3,(H2,19,21);5-7,9-10H,4,8H2,1-3H3,(H2,18,20);2*4-6,8-9H,7H2,1-3H3,(H2,17,19). The Morgan fingerprint density at radius 2 is 0.667 bits per heavy atom. The van der Waals surface area contributed by atoms with Crippen LogP contribution < -0.4 is 34.4 Å². The van der Waals surface area contributed by atoms with Gasteiger partial charge in [0.1, 0.15) is 38.9 Å². The minimum atomic E-state index is -0.909. The summed E-state index contributed by atoms with van der Waals surface area (Å²) < 4.78 is 41.7. The first-order chi connectivity index (χ1) is 67.3. The van der Waals surface area contributed by atoms with Gasteiger partial charge in [-0.25, -0.2) is 88.6 Å². The summed E-state index contributed by atoms with van der Waals surface area (Å²) >= 11 is 0. The highest BCUT2D eigenvalue weighted by atomic mass is 16.5. The molecule has 0 saturated carbocycles. The van der Waals surface area contributed by atoms with Gasteiger partial charge >= 0.3 is 35.8 Å². The number of aromatic nitrogens is 18. The van der Waals surface area contributed by atoms with Gasteiger partial charge in [0.2, 0.25) is 0 Å². The summed E-state index contributed by atoms with van der Waals surface area (Å²) in [5.74, 6) is 2.45. The molecule has 0 atom stereocenters. The lowest BCUT2D eigenvalue weighted by atomic mass is 10.1. The molecule has 37 heteroatoms. The molecule has 19 aromatic rings. The molecule has 0 spiro atoms. The molecule has 0 radical (unpaired) electrons. The lowest BCUT2D eigenvalue weighted by molar-refractivity contribution is 0.0375. The van der Waals surface area contributed by atoms with Crippen molar-refractivity contribution in [2.75, 3.05) is 69.4 Å². The first-order valence-electron chi connectivity index (χ1n) is 46.1. The second-order valence-electron chi connectivity index (χ2n) is 36.5. The number of imidazole rings is 6. The van der Waals surface area contributed by atoms with Gasteiger partial charge in [-0.05, 0) is 161 Å². The van der Waals surface area contributed by atoms with Gasteiger partial charge in [-0.15, -0.1) is 0 Å². The normalized spacial score (nSPS) is 11.5. The highest BCUT2D eigenvalue weighted by molar-refractivity contribution is 6.15. The zero-order chi connectivity index (χ0) is 101. The van der Waals surface area contributed by atoms with Gasteiger partial charge in [-0.3, -0.25) is 0 Å². The van der Waals surface area contributed by atoms with E-state index in [2.05, 4.69) is 146 Å². The molecule has 12 heterocycles. The zero-order valence-electron chi connectivity index (χ0n) is 82.1. The number of hydrogen-bond donors (Lipinski definition) is 7. The first kappa shape index (κ1) is 100. The van der Waals surface area contributed by atoms with Crippen molar-refractivity contribution < 1.29 is 62.3 Å². The summed E-state index contributed by atoms with van der Waals surface area (Å²) in [7, 11) is 5.40. The maximum Gasteiger partial charge on any atom is 0.340 e. The van der Waals surface area contributed by atoms with Gasteiger partial charge in [0.05, 0.1) is 185 Å². The van der Waals surface area contributed by atoms with Gasteiger partial charge in [-0.1, -0.05) is 105 Å². The van der Waals surface area contributed by atoms with Crippen LogP contribution in [0.2, 0.25) is 0 Å². The highest BCUT2D eigenvalue weighted by Crippen LogP contribution is 2.37. The van der Waals surface area contributed by atoms with Crippen LogP contribution in [-0.2, 0) is 74.1 Å². The van der Waals surface area contributed by atoms with Crippen LogP contribution in [0.1, 0.15) is 170 Å². The average molecular weight is 1910 g/mol. The quantitative estimate of drug-likeness (QED) is 0.0259. The molecule has 0 aliphatic rings. The summed E-state index contributed by atoms with van der Waals surface area (Å²) in [6, 6.07) is 42.0. The minimum absolute atomic E-state index is 0.166. The van der Waals surface area contributed by atoms with E-state index in [1.807, 2.05) is 90.6 Å². The van der Waals surface area contributed by atoms with Crippen molar-refractivity contribution >= 4 is 202 Å². The summed E-state index contributed by atoms with van der Waals surface area (Å²) in [6.07, 6.45) is 9.45. The molecule has 19 rings (SSSR count). The molecular weight excluding hydrogens is 1790 g/mol. The van der Waals surface area contributed by atoms with E-state index in [1.165, 1.54) is 28.4 Å². The van der Waals surface area contributed by atoms with Gasteiger partial charge in [0.25, 0.3) is 0 Å². The van der Waals surface area contributed by atoms with Gasteiger partial charge < -0.3 is 95.3 Å². The third-order valence-corrected chi connectivity index (χ3v) is 22.7. The number of benzene rings is 7. The molecule has 13 N–H and O–H groups in total. The molecule has 0 aliphatic heterocycles. The number of rotatable bonds is 21. The number of para-hydroxylation sites is 1. The molecule has 0 saturated heterocycles. The Morgan fingerprint density at radius 3 is 1.00 bits per heavy atom. The fourth-order valence-corrected chi connectivity index (χ4v) is 16.9. The molecule has 0 amide bonds. The molecule has 37 nitrogen and oxygen atoms in total. The number of nitrogen functional groups attached to an aromatic ring is 6. The maximum absolute atomic E-state index is 12.1. The van der Waals surface area contributed by atoms with Crippen LogP contribution in [0.25, 0.3) is 132 Å². The molecule has 0 aliphatic carbocycles. The number of nitrogens with zero attached hydrogens (tertiary/aromatic N) is 18. The number of esters is 6. The molecular formula is C104H116N24O13. The van der Waals surface area contributed by atoms with E-state index in [9.17, 15) is 33.9 Å². The molecule has 0 fully saturated rings. The van der Waals surface area contributed by atoms with Crippen molar-refractivity contribution in [3.8, 4) is 0 Å². The number of aliphatic hydroxyl groups is 1. The predicted molar refractivity (Wildman–Crippen MR) is 549 cm³/mol. The summed E-state index contributed by atoms with van der Waals surface area (Å²) in [5.41, 5.74) is 52.6. The zero-order valence-corrected chi connectivity index (χ0v) is 82.1. The monoisotopic (exact) mass is 1910 g/mol. The van der Waals surface area contributed by atoms with Crippen LogP contribution in [0.15, 0.2) is 171 Å². The number of hydrogen-bond acceptors (Lipinski definition) is 31. The number of fused-ring (bicyclic) bond motifs is 18. The molecule has 141 heavy (non-hydrogen) atoms. The molecule has 12 aromatic heterocycles. The van der Waals surface area contributed by atoms with E-state index in [0.717, 1.165) is 103 Å². The van der Waals surface area contributed by atoms with Gasteiger partial charge in [0, 0.05) is 71.5 Å². The number of anilines is 6. The van der Waals surface area contributed by atoms with Crippen LogP contribution in [0.3, 0.4) is 0 Å². The Labute approximate surface area is 810 Å². The van der Waals surface area contributed by atoms with E-state index in [0.29, 0.717) is 184 Å².